The van der Waals surface area contributed by atoms with Crippen LogP contribution in [0.5, 0.6) is 0 Å². The van der Waals surface area contributed by atoms with Gasteiger partial charge < -0.3 is 5.32 Å². The fourth-order valence-electron chi connectivity index (χ4n) is 2.85. The van der Waals surface area contributed by atoms with Gasteiger partial charge in [-0.1, -0.05) is 54.1 Å². The predicted molar refractivity (Wildman–Crippen MR) is 99.2 cm³/mol. The van der Waals surface area contributed by atoms with Crippen LogP contribution in [0.15, 0.2) is 61.2 Å². The summed E-state index contributed by atoms with van der Waals surface area (Å²) in [5.41, 5.74) is 5.44. The normalized spacial score (nSPS) is 10.6. The van der Waals surface area contributed by atoms with Crippen LogP contribution in [-0.4, -0.2) is 17.4 Å². The number of carbonyl (C=O) groups excluding carboxylic acids is 1. The first-order valence-electron chi connectivity index (χ1n) is 7.97. The third-order valence-corrected chi connectivity index (χ3v) is 4.09. The lowest BCUT2D eigenvalue weighted by atomic mass is 9.97. The molecule has 3 rings (SSSR count). The van der Waals surface area contributed by atoms with Gasteiger partial charge in [-0.05, 0) is 25.5 Å². The Balaban J connectivity index is 2.24. The van der Waals surface area contributed by atoms with Crippen molar-refractivity contribution in [2.45, 2.75) is 13.8 Å². The number of amides is 1. The minimum atomic E-state index is -0.0978. The van der Waals surface area contributed by atoms with Gasteiger partial charge in [-0.25, -0.2) is 4.98 Å². The molecule has 120 valence electrons. The van der Waals surface area contributed by atoms with E-state index in [1.54, 1.807) is 6.08 Å². The van der Waals surface area contributed by atoms with Gasteiger partial charge in [-0.3, -0.25) is 4.79 Å². The van der Waals surface area contributed by atoms with E-state index in [0.29, 0.717) is 12.1 Å². The fraction of sp³-hybridized carbons (Fsp3) is 0.143. The molecule has 0 spiro atoms. The van der Waals surface area contributed by atoms with Crippen LogP contribution in [0.1, 0.15) is 21.5 Å². The van der Waals surface area contributed by atoms with Crippen molar-refractivity contribution in [3.8, 4) is 11.3 Å². The Bertz CT molecular complexity index is 911. The predicted octanol–water partition coefficient (Wildman–Crippen LogP) is 4.43. The van der Waals surface area contributed by atoms with Crippen molar-refractivity contribution in [3.05, 3.63) is 77.9 Å². The first-order valence-corrected chi connectivity index (χ1v) is 7.97. The standard InChI is InChI=1S/C21H20N2O/c1-4-13-22-21(24)19-15(3)20(16-11-9-14(2)10-12-16)23-18-8-6-5-7-17(18)19/h4-12H,1,13H2,2-3H3,(H,22,24). The minimum Gasteiger partial charge on any atom is -0.349 e. The van der Waals surface area contributed by atoms with Gasteiger partial charge in [-0.15, -0.1) is 6.58 Å². The van der Waals surface area contributed by atoms with Gasteiger partial charge in [0.15, 0.2) is 0 Å². The van der Waals surface area contributed by atoms with Gasteiger partial charge in [0.2, 0.25) is 0 Å². The molecule has 1 N–H and O–H groups in total. The van der Waals surface area contributed by atoms with Crippen LogP contribution < -0.4 is 5.32 Å². The van der Waals surface area contributed by atoms with Gasteiger partial charge in [0, 0.05) is 17.5 Å². The number of aryl methyl sites for hydroxylation is 1. The number of rotatable bonds is 4. The highest BCUT2D eigenvalue weighted by atomic mass is 16.1. The molecule has 0 aliphatic carbocycles. The molecule has 3 nitrogen and oxygen atoms in total. The number of fused-ring (bicyclic) bond motifs is 1. The average Bonchev–Trinajstić information content (AvgIpc) is 2.60. The molecule has 0 unspecified atom stereocenters. The zero-order chi connectivity index (χ0) is 17.1. The summed E-state index contributed by atoms with van der Waals surface area (Å²) >= 11 is 0. The largest absolute Gasteiger partial charge is 0.349 e. The number of hydrogen-bond donors (Lipinski definition) is 1. The smallest absolute Gasteiger partial charge is 0.252 e. The Morgan fingerprint density at radius 2 is 1.83 bits per heavy atom. The number of nitrogens with one attached hydrogen (secondary N) is 1. The third kappa shape index (κ3) is 2.93. The van der Waals surface area contributed by atoms with Gasteiger partial charge in [-0.2, -0.15) is 0 Å². The van der Waals surface area contributed by atoms with E-state index in [2.05, 4.69) is 31.0 Å². The van der Waals surface area contributed by atoms with Gasteiger partial charge >= 0.3 is 0 Å². The Labute approximate surface area is 142 Å². The quantitative estimate of drug-likeness (QED) is 0.723. The molecular weight excluding hydrogens is 296 g/mol. The number of pyridine rings is 1. The summed E-state index contributed by atoms with van der Waals surface area (Å²) in [5.74, 6) is -0.0978. The van der Waals surface area contributed by atoms with Crippen LogP contribution in [0.3, 0.4) is 0 Å². The number of carbonyl (C=O) groups is 1. The molecule has 24 heavy (non-hydrogen) atoms. The molecule has 3 heteroatoms. The number of para-hydroxylation sites is 1. The van der Waals surface area contributed by atoms with Crippen LogP contribution in [0.2, 0.25) is 0 Å². The SMILES string of the molecule is C=CCNC(=O)c1c(C)c(-c2ccc(C)cc2)nc2ccccc12. The molecule has 1 amide bonds. The van der Waals surface area contributed by atoms with Crippen LogP contribution in [0.25, 0.3) is 22.2 Å². The van der Waals surface area contributed by atoms with Crippen molar-refractivity contribution in [2.75, 3.05) is 6.54 Å². The van der Waals surface area contributed by atoms with E-state index in [0.717, 1.165) is 27.7 Å². The van der Waals surface area contributed by atoms with Crippen molar-refractivity contribution < 1.29 is 4.79 Å². The summed E-state index contributed by atoms with van der Waals surface area (Å²) in [7, 11) is 0. The molecule has 0 saturated heterocycles. The Kier molecular flexibility index (Phi) is 4.43. The molecular formula is C21H20N2O. The Morgan fingerprint density at radius 1 is 1.12 bits per heavy atom. The summed E-state index contributed by atoms with van der Waals surface area (Å²) < 4.78 is 0. The monoisotopic (exact) mass is 316 g/mol. The maximum atomic E-state index is 12.7. The van der Waals surface area contributed by atoms with Crippen molar-refractivity contribution in [1.82, 2.24) is 10.3 Å². The molecule has 1 aromatic heterocycles. The lowest BCUT2D eigenvalue weighted by molar-refractivity contribution is 0.0959. The highest BCUT2D eigenvalue weighted by Gasteiger charge is 2.18. The first-order chi connectivity index (χ1) is 11.6. The van der Waals surface area contributed by atoms with E-state index in [9.17, 15) is 4.79 Å². The number of hydrogen-bond acceptors (Lipinski definition) is 2. The lowest BCUT2D eigenvalue weighted by Crippen LogP contribution is -2.24. The molecule has 0 aliphatic heterocycles. The molecule has 1 heterocycles. The maximum absolute atomic E-state index is 12.7. The van der Waals surface area contributed by atoms with Crippen molar-refractivity contribution in [2.24, 2.45) is 0 Å². The molecule has 2 aromatic carbocycles. The number of benzene rings is 2. The summed E-state index contributed by atoms with van der Waals surface area (Å²) in [6.07, 6.45) is 1.68. The molecule has 0 fully saturated rings. The van der Waals surface area contributed by atoms with Crippen molar-refractivity contribution in [1.29, 1.82) is 0 Å². The topological polar surface area (TPSA) is 42.0 Å². The molecule has 0 saturated carbocycles. The fourth-order valence-corrected chi connectivity index (χ4v) is 2.85. The minimum absolute atomic E-state index is 0.0978. The van der Waals surface area contributed by atoms with E-state index >= 15 is 0 Å². The van der Waals surface area contributed by atoms with Crippen LogP contribution in [0, 0.1) is 13.8 Å². The van der Waals surface area contributed by atoms with Gasteiger partial charge in [0.25, 0.3) is 5.91 Å². The summed E-state index contributed by atoms with van der Waals surface area (Å²) in [6, 6.07) is 16.0. The lowest BCUT2D eigenvalue weighted by Gasteiger charge is -2.14. The zero-order valence-electron chi connectivity index (χ0n) is 14.0. The third-order valence-electron chi connectivity index (χ3n) is 4.09. The molecule has 3 aromatic rings. The van der Waals surface area contributed by atoms with E-state index in [1.807, 2.05) is 43.3 Å². The second kappa shape index (κ2) is 6.67. The van der Waals surface area contributed by atoms with E-state index < -0.39 is 0 Å². The maximum Gasteiger partial charge on any atom is 0.252 e. The molecule has 0 aliphatic rings. The first kappa shape index (κ1) is 15.9. The highest BCUT2D eigenvalue weighted by Crippen LogP contribution is 2.29. The van der Waals surface area contributed by atoms with Crippen LogP contribution in [-0.2, 0) is 0 Å². The van der Waals surface area contributed by atoms with Crippen LogP contribution >= 0.6 is 0 Å². The summed E-state index contributed by atoms with van der Waals surface area (Å²) in [6.45, 7) is 8.11. The highest BCUT2D eigenvalue weighted by molar-refractivity contribution is 6.08. The van der Waals surface area contributed by atoms with Gasteiger partial charge in [0.1, 0.15) is 0 Å². The van der Waals surface area contributed by atoms with E-state index in [4.69, 9.17) is 4.98 Å². The summed E-state index contributed by atoms with van der Waals surface area (Å²) in [4.78, 5) is 17.5. The average molecular weight is 316 g/mol. The molecule has 0 bridgehead atoms. The summed E-state index contributed by atoms with van der Waals surface area (Å²) in [5, 5.41) is 3.75. The van der Waals surface area contributed by atoms with Crippen molar-refractivity contribution >= 4 is 16.8 Å². The van der Waals surface area contributed by atoms with E-state index in [-0.39, 0.29) is 5.91 Å². The van der Waals surface area contributed by atoms with E-state index in [1.165, 1.54) is 5.56 Å². The number of aromatic nitrogens is 1. The molecule has 0 atom stereocenters. The number of nitrogens with zero attached hydrogens (tertiary/aromatic N) is 1. The van der Waals surface area contributed by atoms with Gasteiger partial charge in [0.05, 0.1) is 16.8 Å². The van der Waals surface area contributed by atoms with Crippen molar-refractivity contribution in [3.63, 3.8) is 0 Å². The Morgan fingerprint density at radius 3 is 2.54 bits per heavy atom. The second-order valence-corrected chi connectivity index (χ2v) is 5.84. The second-order valence-electron chi connectivity index (χ2n) is 5.84. The zero-order valence-corrected chi connectivity index (χ0v) is 14.0. The van der Waals surface area contributed by atoms with Crippen LogP contribution in [0.4, 0.5) is 0 Å². The molecule has 0 radical (unpaired) electrons. The Hall–Kier alpha value is -2.94.